The van der Waals surface area contributed by atoms with E-state index in [1.807, 2.05) is 30.6 Å². The van der Waals surface area contributed by atoms with Gasteiger partial charge in [0.05, 0.1) is 5.69 Å². The molecule has 0 fully saturated rings. The minimum Gasteiger partial charge on any atom is -0.310 e. The first-order chi connectivity index (χ1) is 21.8. The molecule has 3 nitrogen and oxygen atoms in total. The van der Waals surface area contributed by atoms with Gasteiger partial charge in [-0.25, -0.2) is 0 Å². The summed E-state index contributed by atoms with van der Waals surface area (Å²) in [6.07, 6.45) is 3.79. The van der Waals surface area contributed by atoms with Crippen molar-refractivity contribution in [2.24, 2.45) is 0 Å². The van der Waals surface area contributed by atoms with Crippen LogP contribution >= 0.6 is 0 Å². The molecule has 44 heavy (non-hydrogen) atoms. The van der Waals surface area contributed by atoms with Crippen molar-refractivity contribution in [3.8, 4) is 22.4 Å². The fraction of sp³-hybridized carbons (Fsp3) is 0. The Balaban J connectivity index is 1.37. The Hall–Kier alpha value is -5.58. The number of aromatic nitrogens is 2. The zero-order valence-electron chi connectivity index (χ0n) is 24.1. The quantitative estimate of drug-likeness (QED) is 0.199. The van der Waals surface area contributed by atoms with Crippen LogP contribution in [-0.2, 0) is 0 Å². The summed E-state index contributed by atoms with van der Waals surface area (Å²) in [5.74, 6) is 0. The Labute approximate surface area is 258 Å². The van der Waals surface area contributed by atoms with Crippen LogP contribution in [0.4, 0.5) is 17.1 Å². The van der Waals surface area contributed by atoms with Crippen LogP contribution in [-0.4, -0.2) is 18.0 Å². The lowest BCUT2D eigenvalue weighted by Gasteiger charge is -2.32. The Morgan fingerprint density at radius 3 is 1.70 bits per heavy atom. The van der Waals surface area contributed by atoms with Crippen molar-refractivity contribution in [3.63, 3.8) is 0 Å². The zero-order chi connectivity index (χ0) is 29.3. The maximum atomic E-state index is 5.08. The molecule has 0 N–H and O–H groups in total. The van der Waals surface area contributed by atoms with Crippen molar-refractivity contribution >= 4 is 46.0 Å². The van der Waals surface area contributed by atoms with E-state index < -0.39 is 8.07 Å². The van der Waals surface area contributed by atoms with Gasteiger partial charge in [-0.05, 0) is 87.4 Å². The largest absolute Gasteiger partial charge is 0.310 e. The van der Waals surface area contributed by atoms with Crippen LogP contribution in [0.1, 0.15) is 0 Å². The van der Waals surface area contributed by atoms with Gasteiger partial charge in [-0.3, -0.25) is 9.97 Å². The number of nitrogens with zero attached hydrogens (tertiary/aromatic N) is 3. The summed E-state index contributed by atoms with van der Waals surface area (Å²) in [6.45, 7) is 0. The second-order valence-corrected chi connectivity index (χ2v) is 14.7. The highest BCUT2D eigenvalue weighted by Crippen LogP contribution is 2.36. The third kappa shape index (κ3) is 4.19. The molecule has 0 bridgehead atoms. The third-order valence-corrected chi connectivity index (χ3v) is 13.3. The van der Waals surface area contributed by atoms with Gasteiger partial charge in [0.15, 0.2) is 0 Å². The smallest absolute Gasteiger partial charge is 0.203 e. The number of anilines is 3. The molecule has 3 heterocycles. The van der Waals surface area contributed by atoms with E-state index >= 15 is 0 Å². The molecule has 1 aliphatic heterocycles. The highest BCUT2D eigenvalue weighted by molar-refractivity contribution is 7.21. The van der Waals surface area contributed by atoms with Gasteiger partial charge >= 0.3 is 0 Å². The van der Waals surface area contributed by atoms with Gasteiger partial charge in [0.25, 0.3) is 0 Å². The number of hydrogen-bond donors (Lipinski definition) is 0. The second kappa shape index (κ2) is 10.9. The fourth-order valence-electron chi connectivity index (χ4n) is 6.79. The highest BCUT2D eigenvalue weighted by Gasteiger charge is 2.49. The third-order valence-electron chi connectivity index (χ3n) is 8.62. The molecule has 5 aromatic carbocycles. The molecule has 1 aliphatic rings. The summed E-state index contributed by atoms with van der Waals surface area (Å²) in [5.41, 5.74) is 7.95. The van der Waals surface area contributed by atoms with Gasteiger partial charge in [0.1, 0.15) is 0 Å². The van der Waals surface area contributed by atoms with E-state index in [0.717, 1.165) is 33.6 Å². The van der Waals surface area contributed by atoms with Gasteiger partial charge < -0.3 is 4.90 Å². The van der Waals surface area contributed by atoms with Crippen molar-refractivity contribution in [3.05, 3.63) is 176 Å². The molecule has 8 rings (SSSR count). The lowest BCUT2D eigenvalue weighted by atomic mass is 10.1. The van der Waals surface area contributed by atoms with E-state index in [0.29, 0.717) is 0 Å². The van der Waals surface area contributed by atoms with E-state index in [9.17, 15) is 0 Å². The standard InChI is InChI=1S/C40H29N3Si/c1-2-15-31(16-3-1)43(32-17-12-14-30(28-32)37-22-8-10-26-41-37)33-18-13-19-34(29-33)44(40-25-9-11-27-42-40)38-23-6-4-20-35(38)36-21-5-7-24-39(36)44/h1-29H. The number of fused-ring (bicyclic) bond motifs is 3. The predicted molar refractivity (Wildman–Crippen MR) is 185 cm³/mol. The first-order valence-corrected chi connectivity index (χ1v) is 16.9. The topological polar surface area (TPSA) is 29.0 Å². The van der Waals surface area contributed by atoms with E-state index in [2.05, 4.69) is 155 Å². The number of para-hydroxylation sites is 1. The SMILES string of the molecule is c1ccc(N(c2cccc(-c3ccccn3)c2)c2cccc([Si]3(c4ccccn4)c4ccccc4-c4ccccc43)c2)cc1. The van der Waals surface area contributed by atoms with E-state index in [1.54, 1.807) is 0 Å². The van der Waals surface area contributed by atoms with Crippen molar-refractivity contribution < 1.29 is 0 Å². The first-order valence-electron chi connectivity index (χ1n) is 14.9. The molecule has 0 spiro atoms. The molecular formula is C40H29N3Si. The summed E-state index contributed by atoms with van der Waals surface area (Å²) in [6, 6.07) is 58.7. The maximum absolute atomic E-state index is 5.08. The van der Waals surface area contributed by atoms with Gasteiger partial charge in [-0.2, -0.15) is 0 Å². The van der Waals surface area contributed by atoms with Crippen LogP contribution in [0, 0.1) is 0 Å². The van der Waals surface area contributed by atoms with Crippen LogP contribution in [0.3, 0.4) is 0 Å². The van der Waals surface area contributed by atoms with Crippen molar-refractivity contribution in [1.29, 1.82) is 0 Å². The van der Waals surface area contributed by atoms with Crippen molar-refractivity contribution in [1.82, 2.24) is 9.97 Å². The molecule has 0 unspecified atom stereocenters. The molecule has 0 atom stereocenters. The molecule has 2 aromatic heterocycles. The van der Waals surface area contributed by atoms with Gasteiger partial charge in [-0.1, -0.05) is 103 Å². The molecular weight excluding hydrogens is 551 g/mol. The molecule has 0 amide bonds. The predicted octanol–water partition coefficient (Wildman–Crippen LogP) is 6.97. The van der Waals surface area contributed by atoms with Crippen LogP contribution in [0.25, 0.3) is 22.4 Å². The summed E-state index contributed by atoms with van der Waals surface area (Å²) < 4.78 is 0. The molecule has 0 saturated heterocycles. The van der Waals surface area contributed by atoms with Gasteiger partial charge in [0.2, 0.25) is 8.07 Å². The summed E-state index contributed by atoms with van der Waals surface area (Å²) in [4.78, 5) is 12.1. The lowest BCUT2D eigenvalue weighted by Crippen LogP contribution is -2.73. The second-order valence-electron chi connectivity index (χ2n) is 11.0. The number of rotatable bonds is 6. The minimum atomic E-state index is -2.72. The molecule has 0 aliphatic carbocycles. The summed E-state index contributed by atoms with van der Waals surface area (Å²) in [5, 5.41) is 5.24. The molecule has 0 saturated carbocycles. The number of pyridine rings is 2. The van der Waals surface area contributed by atoms with Crippen molar-refractivity contribution in [2.45, 2.75) is 0 Å². The Morgan fingerprint density at radius 1 is 0.432 bits per heavy atom. The average molecular weight is 580 g/mol. The van der Waals surface area contributed by atoms with E-state index in [4.69, 9.17) is 4.98 Å². The molecule has 208 valence electrons. The summed E-state index contributed by atoms with van der Waals surface area (Å²) >= 11 is 0. The Morgan fingerprint density at radius 2 is 1.02 bits per heavy atom. The summed E-state index contributed by atoms with van der Waals surface area (Å²) in [7, 11) is -2.72. The highest BCUT2D eigenvalue weighted by atomic mass is 28.3. The van der Waals surface area contributed by atoms with E-state index in [-0.39, 0.29) is 0 Å². The van der Waals surface area contributed by atoms with Gasteiger partial charge in [-0.15, -0.1) is 0 Å². The zero-order valence-corrected chi connectivity index (χ0v) is 25.1. The first kappa shape index (κ1) is 26.1. The molecule has 0 radical (unpaired) electrons. The fourth-order valence-corrected chi connectivity index (χ4v) is 11.8. The molecule has 7 aromatic rings. The normalized spacial score (nSPS) is 12.7. The molecule has 4 heteroatoms. The average Bonchev–Trinajstić information content (AvgIpc) is 3.41. The van der Waals surface area contributed by atoms with Crippen LogP contribution < -0.4 is 25.8 Å². The lowest BCUT2D eigenvalue weighted by molar-refractivity contribution is 1.28. The minimum absolute atomic E-state index is 0.955. The van der Waals surface area contributed by atoms with Gasteiger partial charge in [0, 0.05) is 40.3 Å². The number of benzene rings is 5. The Kier molecular flexibility index (Phi) is 6.47. The monoisotopic (exact) mass is 579 g/mol. The van der Waals surface area contributed by atoms with Crippen LogP contribution in [0.15, 0.2) is 176 Å². The van der Waals surface area contributed by atoms with E-state index in [1.165, 1.54) is 26.7 Å². The van der Waals surface area contributed by atoms with Crippen molar-refractivity contribution in [2.75, 3.05) is 4.90 Å². The Bertz CT molecular complexity index is 2030. The van der Waals surface area contributed by atoms with Crippen LogP contribution in [0.5, 0.6) is 0 Å². The maximum Gasteiger partial charge on any atom is 0.203 e. The van der Waals surface area contributed by atoms with Crippen LogP contribution in [0.2, 0.25) is 0 Å². The number of hydrogen-bond acceptors (Lipinski definition) is 3.